The Balaban J connectivity index is 1.66. The first-order valence-electron chi connectivity index (χ1n) is 9.42. The van der Waals surface area contributed by atoms with Crippen LogP contribution >= 0.6 is 0 Å². The van der Waals surface area contributed by atoms with E-state index in [9.17, 15) is 4.79 Å². The van der Waals surface area contributed by atoms with Crippen molar-refractivity contribution >= 4 is 5.78 Å². The van der Waals surface area contributed by atoms with Gasteiger partial charge >= 0.3 is 0 Å². The number of rotatable bonds is 9. The molecular weight excluding hydrogens is 352 g/mol. The molecule has 0 spiro atoms. The quantitative estimate of drug-likeness (QED) is 0.468. The number of ether oxygens (including phenoxy) is 3. The molecule has 0 N–H and O–H groups in total. The van der Waals surface area contributed by atoms with E-state index in [1.165, 1.54) is 0 Å². The van der Waals surface area contributed by atoms with Crippen LogP contribution in [0.5, 0.6) is 17.2 Å². The minimum atomic E-state index is -0.140. The average molecular weight is 376 g/mol. The van der Waals surface area contributed by atoms with E-state index < -0.39 is 0 Å². The van der Waals surface area contributed by atoms with Crippen molar-refractivity contribution in [3.05, 3.63) is 78.4 Å². The predicted molar refractivity (Wildman–Crippen MR) is 110 cm³/mol. The van der Waals surface area contributed by atoms with E-state index in [0.717, 1.165) is 11.1 Å². The van der Waals surface area contributed by atoms with Crippen molar-refractivity contribution in [3.63, 3.8) is 0 Å². The molecule has 0 heterocycles. The van der Waals surface area contributed by atoms with Crippen LogP contribution in [0.25, 0.3) is 11.1 Å². The lowest BCUT2D eigenvalue weighted by Crippen LogP contribution is -2.13. The number of Topliss-reactive ketones (excluding diaryl/α,β-unsaturated/α-hetero) is 1. The van der Waals surface area contributed by atoms with Crippen molar-refractivity contribution in [2.75, 3.05) is 19.8 Å². The molecule has 0 saturated heterocycles. The van der Waals surface area contributed by atoms with Gasteiger partial charge in [0.2, 0.25) is 5.78 Å². The second-order valence-corrected chi connectivity index (χ2v) is 6.13. The van der Waals surface area contributed by atoms with Gasteiger partial charge in [0.05, 0.1) is 18.8 Å². The van der Waals surface area contributed by atoms with Crippen molar-refractivity contribution in [2.24, 2.45) is 0 Å². The van der Waals surface area contributed by atoms with Gasteiger partial charge in [0.25, 0.3) is 0 Å². The summed E-state index contributed by atoms with van der Waals surface area (Å²) in [5, 5.41) is 0. The summed E-state index contributed by atoms with van der Waals surface area (Å²) in [6.45, 7) is 4.76. The van der Waals surface area contributed by atoms with E-state index >= 15 is 0 Å². The maximum Gasteiger partial charge on any atom is 0.203 e. The second kappa shape index (κ2) is 9.60. The molecule has 0 bridgehead atoms. The lowest BCUT2D eigenvalue weighted by molar-refractivity contribution is 0.0917. The fourth-order valence-electron chi connectivity index (χ4n) is 2.87. The Hall–Kier alpha value is -3.27. The van der Waals surface area contributed by atoms with E-state index in [1.807, 2.05) is 56.3 Å². The third-order valence-electron chi connectivity index (χ3n) is 4.20. The molecular formula is C24H24O4. The molecule has 0 unspecified atom stereocenters. The van der Waals surface area contributed by atoms with Gasteiger partial charge in [0.1, 0.15) is 17.2 Å². The SMILES string of the molecule is CCOc1ccc(C(=O)COc2ccc(-c3ccccc3)cc2)c(OCC)c1. The fourth-order valence-corrected chi connectivity index (χ4v) is 2.87. The van der Waals surface area contributed by atoms with Gasteiger partial charge in [0, 0.05) is 6.07 Å². The summed E-state index contributed by atoms with van der Waals surface area (Å²) in [6, 6.07) is 23.1. The average Bonchev–Trinajstić information content (AvgIpc) is 2.74. The lowest BCUT2D eigenvalue weighted by Gasteiger charge is -2.12. The lowest BCUT2D eigenvalue weighted by atomic mass is 10.1. The molecule has 3 aromatic carbocycles. The van der Waals surface area contributed by atoms with Gasteiger partial charge in [-0.15, -0.1) is 0 Å². The minimum Gasteiger partial charge on any atom is -0.494 e. The van der Waals surface area contributed by atoms with Crippen LogP contribution in [0.2, 0.25) is 0 Å². The number of carbonyl (C=O) groups is 1. The smallest absolute Gasteiger partial charge is 0.203 e. The normalized spacial score (nSPS) is 10.4. The third kappa shape index (κ3) is 4.92. The molecule has 28 heavy (non-hydrogen) atoms. The van der Waals surface area contributed by atoms with E-state index in [2.05, 4.69) is 12.1 Å². The minimum absolute atomic E-state index is 0.0568. The Morgan fingerprint density at radius 2 is 1.36 bits per heavy atom. The van der Waals surface area contributed by atoms with E-state index in [4.69, 9.17) is 14.2 Å². The van der Waals surface area contributed by atoms with Crippen LogP contribution in [0, 0.1) is 0 Å². The highest BCUT2D eigenvalue weighted by molar-refractivity contribution is 6.00. The fraction of sp³-hybridized carbons (Fsp3) is 0.208. The molecule has 4 heteroatoms. The number of hydrogen-bond donors (Lipinski definition) is 0. The zero-order chi connectivity index (χ0) is 19.8. The summed E-state index contributed by atoms with van der Waals surface area (Å²) in [6.07, 6.45) is 0. The topological polar surface area (TPSA) is 44.8 Å². The Kier molecular flexibility index (Phi) is 6.68. The van der Waals surface area contributed by atoms with Gasteiger partial charge in [-0.1, -0.05) is 42.5 Å². The molecule has 4 nitrogen and oxygen atoms in total. The van der Waals surface area contributed by atoms with Crippen LogP contribution in [0.4, 0.5) is 0 Å². The Labute approximate surface area is 165 Å². The summed E-state index contributed by atoms with van der Waals surface area (Å²) in [5.74, 6) is 1.71. The van der Waals surface area contributed by atoms with Crippen LogP contribution in [0.1, 0.15) is 24.2 Å². The molecule has 0 aliphatic carbocycles. The summed E-state index contributed by atoms with van der Waals surface area (Å²) in [7, 11) is 0. The summed E-state index contributed by atoms with van der Waals surface area (Å²) < 4.78 is 16.8. The van der Waals surface area contributed by atoms with E-state index in [0.29, 0.717) is 36.0 Å². The molecule has 0 fully saturated rings. The van der Waals surface area contributed by atoms with E-state index in [1.54, 1.807) is 18.2 Å². The van der Waals surface area contributed by atoms with Gasteiger partial charge in [-0.05, 0) is 49.2 Å². The van der Waals surface area contributed by atoms with Crippen LogP contribution < -0.4 is 14.2 Å². The maximum atomic E-state index is 12.6. The monoisotopic (exact) mass is 376 g/mol. The van der Waals surface area contributed by atoms with Crippen molar-refractivity contribution in [2.45, 2.75) is 13.8 Å². The highest BCUT2D eigenvalue weighted by Crippen LogP contribution is 2.26. The second-order valence-electron chi connectivity index (χ2n) is 6.13. The predicted octanol–water partition coefficient (Wildman–Crippen LogP) is 5.41. The summed E-state index contributed by atoms with van der Waals surface area (Å²) >= 11 is 0. The highest BCUT2D eigenvalue weighted by Gasteiger charge is 2.15. The van der Waals surface area contributed by atoms with Gasteiger partial charge in [-0.3, -0.25) is 4.79 Å². The summed E-state index contributed by atoms with van der Waals surface area (Å²) in [5.41, 5.74) is 2.73. The van der Waals surface area contributed by atoms with Crippen molar-refractivity contribution in [1.82, 2.24) is 0 Å². The first-order valence-corrected chi connectivity index (χ1v) is 9.42. The van der Waals surface area contributed by atoms with Crippen molar-refractivity contribution in [1.29, 1.82) is 0 Å². The molecule has 3 aromatic rings. The maximum absolute atomic E-state index is 12.6. The molecule has 0 saturated carbocycles. The third-order valence-corrected chi connectivity index (χ3v) is 4.20. The van der Waals surface area contributed by atoms with Crippen LogP contribution in [-0.2, 0) is 0 Å². The first-order chi connectivity index (χ1) is 13.7. The van der Waals surface area contributed by atoms with Crippen LogP contribution in [0.15, 0.2) is 72.8 Å². The van der Waals surface area contributed by atoms with Gasteiger partial charge < -0.3 is 14.2 Å². The molecule has 0 aliphatic heterocycles. The molecule has 0 aromatic heterocycles. The standard InChI is InChI=1S/C24H24O4/c1-3-26-21-14-15-22(24(16-21)27-4-2)23(25)17-28-20-12-10-19(11-13-20)18-8-6-5-7-9-18/h5-16H,3-4,17H2,1-2H3. The number of benzene rings is 3. The van der Waals surface area contributed by atoms with Crippen LogP contribution in [0.3, 0.4) is 0 Å². The van der Waals surface area contributed by atoms with Crippen molar-refractivity contribution in [3.8, 4) is 28.4 Å². The number of carbonyl (C=O) groups excluding carboxylic acids is 1. The molecule has 0 atom stereocenters. The zero-order valence-electron chi connectivity index (χ0n) is 16.2. The van der Waals surface area contributed by atoms with Gasteiger partial charge in [-0.25, -0.2) is 0 Å². The van der Waals surface area contributed by atoms with Crippen molar-refractivity contribution < 1.29 is 19.0 Å². The largest absolute Gasteiger partial charge is 0.494 e. The van der Waals surface area contributed by atoms with Gasteiger partial charge in [-0.2, -0.15) is 0 Å². The van der Waals surface area contributed by atoms with E-state index in [-0.39, 0.29) is 12.4 Å². The Morgan fingerprint density at radius 3 is 2.04 bits per heavy atom. The molecule has 144 valence electrons. The number of hydrogen-bond acceptors (Lipinski definition) is 4. The number of ketones is 1. The Bertz CT molecular complexity index is 902. The molecule has 3 rings (SSSR count). The first kappa shape index (κ1) is 19.5. The molecule has 0 aliphatic rings. The highest BCUT2D eigenvalue weighted by atomic mass is 16.5. The molecule has 0 amide bonds. The van der Waals surface area contributed by atoms with Crippen LogP contribution in [-0.4, -0.2) is 25.6 Å². The summed E-state index contributed by atoms with van der Waals surface area (Å²) in [4.78, 5) is 12.6. The zero-order valence-corrected chi connectivity index (χ0v) is 16.2. The molecule has 0 radical (unpaired) electrons. The van der Waals surface area contributed by atoms with Gasteiger partial charge in [0.15, 0.2) is 6.61 Å². The Morgan fingerprint density at radius 1 is 0.714 bits per heavy atom.